The zero-order valence-electron chi connectivity index (χ0n) is 11.3. The number of aliphatic hydroxyl groups excluding tert-OH is 1. The molecule has 1 aromatic heterocycles. The van der Waals surface area contributed by atoms with Crippen molar-refractivity contribution in [3.8, 4) is 11.3 Å². The lowest BCUT2D eigenvalue weighted by Gasteiger charge is -2.28. The molecule has 0 amide bonds. The number of aliphatic hydroxyl groups is 1. The van der Waals surface area contributed by atoms with Gasteiger partial charge in [-0.1, -0.05) is 24.3 Å². The molecule has 2 aliphatic rings. The van der Waals surface area contributed by atoms with Crippen molar-refractivity contribution in [2.75, 3.05) is 13.2 Å². The van der Waals surface area contributed by atoms with E-state index in [-0.39, 0.29) is 18.1 Å². The maximum Gasteiger partial charge on any atom is 0.0956 e. The van der Waals surface area contributed by atoms with E-state index >= 15 is 0 Å². The highest BCUT2D eigenvalue weighted by molar-refractivity contribution is 5.69. The Balaban J connectivity index is 1.81. The molecular formula is C16H18N2O2. The molecule has 2 aromatic rings. The van der Waals surface area contributed by atoms with Gasteiger partial charge in [0, 0.05) is 18.1 Å². The highest BCUT2D eigenvalue weighted by Crippen LogP contribution is 2.44. The Morgan fingerprint density at radius 1 is 1.30 bits per heavy atom. The highest BCUT2D eigenvalue weighted by Gasteiger charge is 2.38. The van der Waals surface area contributed by atoms with Gasteiger partial charge in [-0.25, -0.2) is 4.98 Å². The third-order valence-corrected chi connectivity index (χ3v) is 4.52. The lowest BCUT2D eigenvalue weighted by Crippen LogP contribution is -2.31. The fourth-order valence-corrected chi connectivity index (χ4v) is 3.55. The fraction of sp³-hybridized carbons (Fsp3) is 0.438. The minimum absolute atomic E-state index is 0.0918. The van der Waals surface area contributed by atoms with Gasteiger partial charge in [-0.15, -0.1) is 0 Å². The first kappa shape index (κ1) is 12.1. The molecule has 0 radical (unpaired) electrons. The average molecular weight is 270 g/mol. The first-order chi connectivity index (χ1) is 9.86. The summed E-state index contributed by atoms with van der Waals surface area (Å²) in [6, 6.07) is 8.54. The van der Waals surface area contributed by atoms with Crippen molar-refractivity contribution in [2.24, 2.45) is 5.92 Å². The van der Waals surface area contributed by atoms with E-state index in [1.165, 1.54) is 11.1 Å². The van der Waals surface area contributed by atoms with E-state index in [4.69, 9.17) is 4.74 Å². The first-order valence-corrected chi connectivity index (χ1v) is 7.23. The second kappa shape index (κ2) is 4.72. The number of hydrogen-bond donors (Lipinski definition) is 1. The summed E-state index contributed by atoms with van der Waals surface area (Å²) in [5.41, 5.74) is 3.65. The number of nitrogens with zero attached hydrogens (tertiary/aromatic N) is 2. The number of imidazole rings is 1. The number of hydrogen-bond acceptors (Lipinski definition) is 3. The lowest BCUT2D eigenvalue weighted by molar-refractivity contribution is 0.0395. The van der Waals surface area contributed by atoms with Gasteiger partial charge >= 0.3 is 0 Å². The van der Waals surface area contributed by atoms with E-state index in [0.717, 1.165) is 25.1 Å². The Morgan fingerprint density at radius 2 is 2.20 bits per heavy atom. The number of fused-ring (bicyclic) bond motifs is 3. The van der Waals surface area contributed by atoms with E-state index in [0.29, 0.717) is 6.61 Å². The van der Waals surface area contributed by atoms with Gasteiger partial charge in [0.25, 0.3) is 0 Å². The van der Waals surface area contributed by atoms with Crippen LogP contribution in [-0.2, 0) is 4.74 Å². The highest BCUT2D eigenvalue weighted by atomic mass is 16.5. The van der Waals surface area contributed by atoms with Crippen LogP contribution >= 0.6 is 0 Å². The molecule has 20 heavy (non-hydrogen) atoms. The van der Waals surface area contributed by atoms with E-state index in [1.807, 2.05) is 12.5 Å². The largest absolute Gasteiger partial charge is 0.393 e. The van der Waals surface area contributed by atoms with Crippen LogP contribution in [0.2, 0.25) is 0 Å². The molecule has 0 bridgehead atoms. The van der Waals surface area contributed by atoms with Crippen molar-refractivity contribution < 1.29 is 9.84 Å². The van der Waals surface area contributed by atoms with Crippen LogP contribution in [-0.4, -0.2) is 34.0 Å². The van der Waals surface area contributed by atoms with E-state index < -0.39 is 0 Å². The molecule has 4 rings (SSSR count). The molecule has 4 nitrogen and oxygen atoms in total. The quantitative estimate of drug-likeness (QED) is 0.864. The predicted octanol–water partition coefficient (Wildman–Crippen LogP) is 2.24. The lowest BCUT2D eigenvalue weighted by atomic mass is 9.87. The topological polar surface area (TPSA) is 47.3 Å². The zero-order chi connectivity index (χ0) is 13.5. The molecule has 4 heteroatoms. The normalized spacial score (nSPS) is 28.8. The van der Waals surface area contributed by atoms with Gasteiger partial charge in [0.15, 0.2) is 0 Å². The van der Waals surface area contributed by atoms with Crippen molar-refractivity contribution in [2.45, 2.75) is 25.0 Å². The molecule has 0 aliphatic carbocycles. The van der Waals surface area contributed by atoms with Gasteiger partial charge in [0.2, 0.25) is 0 Å². The van der Waals surface area contributed by atoms with Crippen LogP contribution in [0.1, 0.15) is 24.4 Å². The average Bonchev–Trinajstić information content (AvgIpc) is 2.97. The van der Waals surface area contributed by atoms with Crippen LogP contribution < -0.4 is 0 Å². The summed E-state index contributed by atoms with van der Waals surface area (Å²) in [6.45, 7) is 1.36. The molecule has 1 N–H and O–H groups in total. The molecule has 2 aliphatic heterocycles. The van der Waals surface area contributed by atoms with E-state index in [2.05, 4.69) is 33.8 Å². The molecule has 3 atom stereocenters. The Morgan fingerprint density at radius 3 is 3.15 bits per heavy atom. The molecular weight excluding hydrogens is 252 g/mol. The minimum Gasteiger partial charge on any atom is -0.393 e. The Hall–Kier alpha value is -1.65. The van der Waals surface area contributed by atoms with Crippen LogP contribution in [0.5, 0.6) is 0 Å². The van der Waals surface area contributed by atoms with Crippen molar-refractivity contribution in [1.29, 1.82) is 0 Å². The summed E-state index contributed by atoms with van der Waals surface area (Å²) in [4.78, 5) is 4.28. The maximum absolute atomic E-state index is 10.5. The molecule has 104 valence electrons. The Kier molecular flexibility index (Phi) is 2.86. The summed E-state index contributed by atoms with van der Waals surface area (Å²) in [6.07, 6.45) is 5.21. The van der Waals surface area contributed by atoms with E-state index in [9.17, 15) is 5.11 Å². The standard InChI is InChI=1S/C16H18N2O2/c19-15-6-3-7-20-9-13(15)16-12-5-2-1-4-11(12)14-8-17-10-18(14)16/h1-2,4-5,8,10,13,15-16,19H,3,6-7,9H2/t13-,15-,16-/m1/s1. The molecule has 1 saturated heterocycles. The van der Waals surface area contributed by atoms with Crippen LogP contribution in [0.25, 0.3) is 11.3 Å². The zero-order valence-corrected chi connectivity index (χ0v) is 11.3. The fourth-order valence-electron chi connectivity index (χ4n) is 3.55. The molecule has 0 spiro atoms. The first-order valence-electron chi connectivity index (χ1n) is 7.23. The molecule has 3 heterocycles. The SMILES string of the molecule is O[C@@H]1CCCOC[C@H]1[C@H]1c2ccccc2-c2cncn21. The van der Waals surface area contributed by atoms with Gasteiger partial charge in [-0.3, -0.25) is 0 Å². The number of rotatable bonds is 1. The van der Waals surface area contributed by atoms with Crippen molar-refractivity contribution in [1.82, 2.24) is 9.55 Å². The smallest absolute Gasteiger partial charge is 0.0956 e. The van der Waals surface area contributed by atoms with Gasteiger partial charge in [-0.2, -0.15) is 0 Å². The van der Waals surface area contributed by atoms with Crippen LogP contribution in [0.4, 0.5) is 0 Å². The summed E-state index contributed by atoms with van der Waals surface area (Å²) >= 11 is 0. The predicted molar refractivity (Wildman–Crippen MR) is 75.4 cm³/mol. The molecule has 0 unspecified atom stereocenters. The Bertz CT molecular complexity index is 622. The Labute approximate surface area is 118 Å². The number of benzene rings is 1. The van der Waals surface area contributed by atoms with Crippen molar-refractivity contribution >= 4 is 0 Å². The van der Waals surface area contributed by atoms with Crippen LogP contribution in [0.15, 0.2) is 36.8 Å². The summed E-state index contributed by atoms with van der Waals surface area (Å²) in [5.74, 6) is 0.0918. The minimum atomic E-state index is -0.316. The van der Waals surface area contributed by atoms with Gasteiger partial charge < -0.3 is 14.4 Å². The summed E-state index contributed by atoms with van der Waals surface area (Å²) < 4.78 is 7.89. The van der Waals surface area contributed by atoms with Crippen LogP contribution in [0.3, 0.4) is 0 Å². The van der Waals surface area contributed by atoms with Crippen molar-refractivity contribution in [3.05, 3.63) is 42.4 Å². The van der Waals surface area contributed by atoms with E-state index in [1.54, 1.807) is 0 Å². The van der Waals surface area contributed by atoms with Crippen molar-refractivity contribution in [3.63, 3.8) is 0 Å². The maximum atomic E-state index is 10.5. The molecule has 1 fully saturated rings. The molecule has 0 saturated carbocycles. The monoisotopic (exact) mass is 270 g/mol. The second-order valence-corrected chi connectivity index (χ2v) is 5.67. The second-order valence-electron chi connectivity index (χ2n) is 5.67. The third-order valence-electron chi connectivity index (χ3n) is 4.52. The number of ether oxygens (including phenoxy) is 1. The van der Waals surface area contributed by atoms with Crippen LogP contribution in [0, 0.1) is 5.92 Å². The number of aromatic nitrogens is 2. The molecule has 1 aromatic carbocycles. The summed E-state index contributed by atoms with van der Waals surface area (Å²) in [5, 5.41) is 10.5. The third kappa shape index (κ3) is 1.72. The van der Waals surface area contributed by atoms with Gasteiger partial charge in [-0.05, 0) is 18.4 Å². The van der Waals surface area contributed by atoms with Gasteiger partial charge in [0.05, 0.1) is 37.0 Å². The van der Waals surface area contributed by atoms with Gasteiger partial charge in [0.1, 0.15) is 0 Å². The summed E-state index contributed by atoms with van der Waals surface area (Å²) in [7, 11) is 0.